The van der Waals surface area contributed by atoms with Gasteiger partial charge in [0.1, 0.15) is 5.82 Å². The van der Waals surface area contributed by atoms with E-state index < -0.39 is 0 Å². The van der Waals surface area contributed by atoms with Crippen molar-refractivity contribution < 1.29 is 0 Å². The summed E-state index contributed by atoms with van der Waals surface area (Å²) in [6, 6.07) is 17.2. The van der Waals surface area contributed by atoms with E-state index in [4.69, 9.17) is 0 Å². The zero-order chi connectivity index (χ0) is 22.5. The molecule has 0 aliphatic rings. The van der Waals surface area contributed by atoms with Crippen LogP contribution in [0.4, 0.5) is 11.8 Å². The first-order chi connectivity index (χ1) is 16.3. The number of unbranched alkanes of at least 4 members (excludes halogenated alkanes) is 1. The molecule has 168 valence electrons. The molecule has 33 heavy (non-hydrogen) atoms. The summed E-state index contributed by atoms with van der Waals surface area (Å²) in [5.74, 6) is 1.46. The Bertz CT molecular complexity index is 1350. The second-order valence-corrected chi connectivity index (χ2v) is 8.49. The number of H-pyrrole nitrogens is 2. The number of nitrogens with zero attached hydrogens (tertiary/aromatic N) is 2. The van der Waals surface area contributed by atoms with E-state index in [1.165, 1.54) is 45.8 Å². The van der Waals surface area contributed by atoms with E-state index in [1.807, 2.05) is 12.3 Å². The minimum absolute atomic E-state index is 0.627. The Morgan fingerprint density at radius 1 is 0.879 bits per heavy atom. The van der Waals surface area contributed by atoms with Gasteiger partial charge in [-0.3, -0.25) is 0 Å². The lowest BCUT2D eigenvalue weighted by Crippen LogP contribution is -2.09. The van der Waals surface area contributed by atoms with Crippen LogP contribution in [0.2, 0.25) is 0 Å². The average Bonchev–Trinajstić information content (AvgIpc) is 3.48. The molecule has 6 nitrogen and oxygen atoms in total. The average molecular weight is 439 g/mol. The van der Waals surface area contributed by atoms with Gasteiger partial charge in [-0.15, -0.1) is 0 Å². The predicted molar refractivity (Wildman–Crippen MR) is 137 cm³/mol. The Hall–Kier alpha value is -3.80. The Kier molecular flexibility index (Phi) is 6.24. The van der Waals surface area contributed by atoms with Crippen molar-refractivity contribution in [2.24, 2.45) is 0 Å². The SMILES string of the molecule is CCCCc1ccc2[nH]cc(CCNc3ccnc(NCc4ccc5[nH]ccc5c4)n3)c2c1. The second kappa shape index (κ2) is 9.77. The second-order valence-electron chi connectivity index (χ2n) is 8.49. The van der Waals surface area contributed by atoms with Gasteiger partial charge >= 0.3 is 0 Å². The first kappa shape index (κ1) is 21.1. The van der Waals surface area contributed by atoms with E-state index >= 15 is 0 Å². The van der Waals surface area contributed by atoms with Gasteiger partial charge in [-0.25, -0.2) is 4.98 Å². The maximum atomic E-state index is 4.62. The largest absolute Gasteiger partial charge is 0.370 e. The van der Waals surface area contributed by atoms with Gasteiger partial charge in [0.15, 0.2) is 0 Å². The van der Waals surface area contributed by atoms with Crippen molar-refractivity contribution in [2.45, 2.75) is 39.2 Å². The zero-order valence-electron chi connectivity index (χ0n) is 19.0. The molecule has 0 amide bonds. The highest BCUT2D eigenvalue weighted by Crippen LogP contribution is 2.22. The summed E-state index contributed by atoms with van der Waals surface area (Å²) < 4.78 is 0. The van der Waals surface area contributed by atoms with E-state index in [0.717, 1.165) is 30.7 Å². The summed E-state index contributed by atoms with van der Waals surface area (Å²) in [6.45, 7) is 3.73. The number of fused-ring (bicyclic) bond motifs is 2. The highest BCUT2D eigenvalue weighted by Gasteiger charge is 2.06. The molecule has 6 heteroatoms. The maximum absolute atomic E-state index is 4.62. The first-order valence-electron chi connectivity index (χ1n) is 11.7. The van der Waals surface area contributed by atoms with Crippen molar-refractivity contribution in [3.8, 4) is 0 Å². The molecule has 0 atom stereocenters. The number of aromatic nitrogens is 4. The normalized spacial score (nSPS) is 11.3. The Morgan fingerprint density at radius 2 is 1.79 bits per heavy atom. The number of nitrogens with one attached hydrogen (secondary N) is 4. The molecule has 2 aromatic carbocycles. The fraction of sp³-hybridized carbons (Fsp3) is 0.259. The van der Waals surface area contributed by atoms with Crippen LogP contribution in [0, 0.1) is 0 Å². The fourth-order valence-electron chi connectivity index (χ4n) is 4.23. The van der Waals surface area contributed by atoms with Crippen molar-refractivity contribution in [1.29, 1.82) is 0 Å². The highest BCUT2D eigenvalue weighted by molar-refractivity contribution is 5.84. The lowest BCUT2D eigenvalue weighted by Gasteiger charge is -2.09. The molecular formula is C27H30N6. The van der Waals surface area contributed by atoms with Crippen LogP contribution in [0.5, 0.6) is 0 Å². The minimum Gasteiger partial charge on any atom is -0.370 e. The molecule has 0 saturated heterocycles. The third-order valence-electron chi connectivity index (χ3n) is 6.08. The Morgan fingerprint density at radius 3 is 2.73 bits per heavy atom. The van der Waals surface area contributed by atoms with Crippen LogP contribution >= 0.6 is 0 Å². The molecule has 4 N–H and O–H groups in total. The van der Waals surface area contributed by atoms with Gasteiger partial charge in [0.2, 0.25) is 5.95 Å². The van der Waals surface area contributed by atoms with Crippen LogP contribution in [-0.2, 0) is 19.4 Å². The lowest BCUT2D eigenvalue weighted by molar-refractivity contribution is 0.796. The van der Waals surface area contributed by atoms with Gasteiger partial charge in [0, 0.05) is 48.1 Å². The monoisotopic (exact) mass is 438 g/mol. The number of hydrogen-bond donors (Lipinski definition) is 4. The molecule has 3 aromatic heterocycles. The molecule has 0 unspecified atom stereocenters. The van der Waals surface area contributed by atoms with Crippen molar-refractivity contribution >= 4 is 33.6 Å². The Labute approximate surface area is 193 Å². The van der Waals surface area contributed by atoms with Crippen molar-refractivity contribution in [3.05, 3.63) is 83.8 Å². The van der Waals surface area contributed by atoms with Gasteiger partial charge in [0.05, 0.1) is 0 Å². The Balaban J connectivity index is 1.18. The predicted octanol–water partition coefficient (Wildman–Crippen LogP) is 6.05. The van der Waals surface area contributed by atoms with E-state index in [-0.39, 0.29) is 0 Å². The molecule has 5 rings (SSSR count). The topological polar surface area (TPSA) is 81.4 Å². The molecule has 0 saturated carbocycles. The molecular weight excluding hydrogens is 408 g/mol. The molecule has 0 radical (unpaired) electrons. The number of aryl methyl sites for hydroxylation is 1. The summed E-state index contributed by atoms with van der Waals surface area (Å²) >= 11 is 0. The molecule has 0 spiro atoms. The quantitative estimate of drug-likeness (QED) is 0.214. The maximum Gasteiger partial charge on any atom is 0.224 e. The molecule has 0 aliphatic carbocycles. The number of anilines is 2. The third kappa shape index (κ3) is 5.00. The van der Waals surface area contributed by atoms with Crippen LogP contribution in [0.25, 0.3) is 21.8 Å². The van der Waals surface area contributed by atoms with Gasteiger partial charge < -0.3 is 20.6 Å². The van der Waals surface area contributed by atoms with E-state index in [9.17, 15) is 0 Å². The summed E-state index contributed by atoms with van der Waals surface area (Å²) in [5, 5.41) is 9.32. The smallest absolute Gasteiger partial charge is 0.224 e. The van der Waals surface area contributed by atoms with E-state index in [0.29, 0.717) is 12.5 Å². The molecule has 3 heterocycles. The van der Waals surface area contributed by atoms with E-state index in [1.54, 1.807) is 6.20 Å². The summed E-state index contributed by atoms with van der Waals surface area (Å²) in [5.41, 5.74) is 6.30. The van der Waals surface area contributed by atoms with Crippen LogP contribution in [0.15, 0.2) is 67.1 Å². The van der Waals surface area contributed by atoms with Gasteiger partial charge in [-0.1, -0.05) is 25.5 Å². The van der Waals surface area contributed by atoms with Crippen molar-refractivity contribution in [2.75, 3.05) is 17.2 Å². The first-order valence-corrected chi connectivity index (χ1v) is 11.7. The van der Waals surface area contributed by atoms with E-state index in [2.05, 4.69) is 86.2 Å². The molecule has 0 fully saturated rings. The molecule has 5 aromatic rings. The van der Waals surface area contributed by atoms with Crippen LogP contribution in [-0.4, -0.2) is 26.5 Å². The van der Waals surface area contributed by atoms with Crippen molar-refractivity contribution in [1.82, 2.24) is 19.9 Å². The summed E-state index contributed by atoms with van der Waals surface area (Å²) in [7, 11) is 0. The van der Waals surface area contributed by atoms with Gasteiger partial charge in [-0.2, -0.15) is 4.98 Å². The number of aromatic amines is 2. The summed E-state index contributed by atoms with van der Waals surface area (Å²) in [4.78, 5) is 15.6. The number of benzene rings is 2. The van der Waals surface area contributed by atoms with Crippen LogP contribution in [0.1, 0.15) is 36.5 Å². The zero-order valence-corrected chi connectivity index (χ0v) is 19.0. The molecule has 0 aliphatic heterocycles. The summed E-state index contributed by atoms with van der Waals surface area (Å²) in [6.07, 6.45) is 10.4. The number of rotatable bonds is 10. The molecule has 0 bridgehead atoms. The fourth-order valence-corrected chi connectivity index (χ4v) is 4.23. The third-order valence-corrected chi connectivity index (χ3v) is 6.08. The number of hydrogen-bond acceptors (Lipinski definition) is 4. The van der Waals surface area contributed by atoms with Gasteiger partial charge in [-0.05, 0) is 77.7 Å². The highest BCUT2D eigenvalue weighted by atomic mass is 15.1. The van der Waals surface area contributed by atoms with Crippen molar-refractivity contribution in [3.63, 3.8) is 0 Å². The van der Waals surface area contributed by atoms with Crippen LogP contribution in [0.3, 0.4) is 0 Å². The lowest BCUT2D eigenvalue weighted by atomic mass is 10.0. The minimum atomic E-state index is 0.627. The van der Waals surface area contributed by atoms with Crippen LogP contribution < -0.4 is 10.6 Å². The standard InChI is InChI=1S/C27H30N6/c1-2-3-4-19-5-8-25-23(16-19)22(18-31-25)10-13-29-26-11-14-30-27(33-26)32-17-20-6-7-24-21(15-20)9-12-28-24/h5-9,11-12,14-16,18,28,31H,2-4,10,13,17H2,1H3,(H2,29,30,32,33). The van der Waals surface area contributed by atoms with Gasteiger partial charge in [0.25, 0.3) is 0 Å².